The van der Waals surface area contributed by atoms with Crippen LogP contribution in [0.15, 0.2) is 4.79 Å². The lowest BCUT2D eigenvalue weighted by molar-refractivity contribution is 0.0374. The van der Waals surface area contributed by atoms with Gasteiger partial charge in [-0.3, -0.25) is 14.5 Å². The average Bonchev–Trinajstić information content (AvgIpc) is 2.72. The van der Waals surface area contributed by atoms with Gasteiger partial charge in [0, 0.05) is 32.4 Å². The van der Waals surface area contributed by atoms with Gasteiger partial charge in [-0.05, 0) is 19.9 Å². The van der Waals surface area contributed by atoms with E-state index in [9.17, 15) is 9.59 Å². The van der Waals surface area contributed by atoms with E-state index < -0.39 is 0 Å². The van der Waals surface area contributed by atoms with Crippen molar-refractivity contribution in [2.24, 2.45) is 7.05 Å². The first kappa shape index (κ1) is 15.2. The van der Waals surface area contributed by atoms with Crippen LogP contribution in [0.25, 0.3) is 0 Å². The zero-order valence-electron chi connectivity index (χ0n) is 12.0. The highest BCUT2D eigenvalue weighted by Gasteiger charge is 2.15. The van der Waals surface area contributed by atoms with Gasteiger partial charge in [-0.15, -0.1) is 0 Å². The molecule has 0 unspecified atom stereocenters. The van der Waals surface area contributed by atoms with Crippen molar-refractivity contribution in [2.75, 3.05) is 39.4 Å². The van der Waals surface area contributed by atoms with Crippen LogP contribution in [-0.2, 0) is 11.8 Å². The third-order valence-corrected chi connectivity index (χ3v) is 4.67. The minimum Gasteiger partial charge on any atom is -0.379 e. The molecule has 112 valence electrons. The molecule has 1 fully saturated rings. The van der Waals surface area contributed by atoms with Crippen LogP contribution in [-0.4, -0.2) is 54.8 Å². The van der Waals surface area contributed by atoms with Crippen LogP contribution in [0.2, 0.25) is 0 Å². The second-order valence-corrected chi connectivity index (χ2v) is 5.87. The zero-order chi connectivity index (χ0) is 14.5. The molecule has 2 rings (SSSR count). The van der Waals surface area contributed by atoms with Crippen LogP contribution >= 0.6 is 11.3 Å². The third-order valence-electron chi connectivity index (χ3n) is 3.54. The van der Waals surface area contributed by atoms with E-state index in [4.69, 9.17) is 4.74 Å². The molecule has 1 aromatic rings. The highest BCUT2D eigenvalue weighted by atomic mass is 32.1. The van der Waals surface area contributed by atoms with Crippen LogP contribution in [0, 0.1) is 6.92 Å². The van der Waals surface area contributed by atoms with Gasteiger partial charge in [0.05, 0.1) is 13.2 Å². The van der Waals surface area contributed by atoms with Crippen molar-refractivity contribution in [1.82, 2.24) is 14.8 Å². The number of carbonyl (C=O) groups is 1. The highest BCUT2D eigenvalue weighted by Crippen LogP contribution is 2.09. The van der Waals surface area contributed by atoms with Crippen LogP contribution in [0.1, 0.15) is 21.8 Å². The molecule has 0 aromatic carbocycles. The summed E-state index contributed by atoms with van der Waals surface area (Å²) in [4.78, 5) is 26.2. The van der Waals surface area contributed by atoms with Gasteiger partial charge in [0.1, 0.15) is 4.88 Å². The molecule has 0 saturated carbocycles. The molecule has 0 aliphatic carbocycles. The second-order valence-electron chi connectivity index (χ2n) is 4.90. The number of morpholine rings is 1. The van der Waals surface area contributed by atoms with Gasteiger partial charge in [0.2, 0.25) is 0 Å². The molecule has 1 aromatic heterocycles. The SMILES string of the molecule is Cc1c(C(=O)NCCCN2CCOCC2)sc(=O)n1C. The fourth-order valence-corrected chi connectivity index (χ4v) is 3.04. The van der Waals surface area contributed by atoms with E-state index >= 15 is 0 Å². The van der Waals surface area contributed by atoms with Crippen molar-refractivity contribution in [3.05, 3.63) is 20.2 Å². The van der Waals surface area contributed by atoms with Crippen LogP contribution in [0.4, 0.5) is 0 Å². The molecule has 20 heavy (non-hydrogen) atoms. The number of amides is 1. The Kier molecular flexibility index (Phi) is 5.33. The Bertz CT molecular complexity index is 517. The minimum atomic E-state index is -0.146. The highest BCUT2D eigenvalue weighted by molar-refractivity contribution is 7.11. The largest absolute Gasteiger partial charge is 0.379 e. The molecule has 6 nitrogen and oxygen atoms in total. The van der Waals surface area contributed by atoms with Gasteiger partial charge in [-0.2, -0.15) is 0 Å². The normalized spacial score (nSPS) is 16.3. The standard InChI is InChI=1S/C13H21N3O3S/c1-10-11(20-13(18)15(10)2)12(17)14-4-3-5-16-6-8-19-9-7-16/h3-9H2,1-2H3,(H,14,17). The van der Waals surface area contributed by atoms with Gasteiger partial charge in [-0.25, -0.2) is 0 Å². The van der Waals surface area contributed by atoms with Crippen molar-refractivity contribution < 1.29 is 9.53 Å². The van der Waals surface area contributed by atoms with E-state index in [1.54, 1.807) is 14.0 Å². The molecular weight excluding hydrogens is 278 g/mol. The summed E-state index contributed by atoms with van der Waals surface area (Å²) in [5, 5.41) is 2.88. The van der Waals surface area contributed by atoms with Gasteiger partial charge in [-0.1, -0.05) is 11.3 Å². The first-order valence-electron chi connectivity index (χ1n) is 6.84. The van der Waals surface area contributed by atoms with Crippen molar-refractivity contribution >= 4 is 17.2 Å². The van der Waals surface area contributed by atoms with E-state index in [-0.39, 0.29) is 10.8 Å². The lowest BCUT2D eigenvalue weighted by atomic mass is 10.3. The molecular formula is C13H21N3O3S. The Morgan fingerprint density at radius 3 is 2.70 bits per heavy atom. The lowest BCUT2D eigenvalue weighted by Crippen LogP contribution is -2.38. The predicted molar refractivity (Wildman–Crippen MR) is 78.5 cm³/mol. The first-order chi connectivity index (χ1) is 9.59. The van der Waals surface area contributed by atoms with Crippen molar-refractivity contribution in [3.8, 4) is 0 Å². The third kappa shape index (κ3) is 3.68. The minimum absolute atomic E-state index is 0.0963. The van der Waals surface area contributed by atoms with Gasteiger partial charge in [0.15, 0.2) is 0 Å². The summed E-state index contributed by atoms with van der Waals surface area (Å²) in [6.45, 7) is 6.91. The summed E-state index contributed by atoms with van der Waals surface area (Å²) < 4.78 is 6.79. The molecule has 1 aliphatic rings. The molecule has 0 bridgehead atoms. The Balaban J connectivity index is 1.74. The Morgan fingerprint density at radius 1 is 1.40 bits per heavy atom. The number of hydrogen-bond acceptors (Lipinski definition) is 5. The van der Waals surface area contributed by atoms with Gasteiger partial charge >= 0.3 is 4.87 Å². The Morgan fingerprint density at radius 2 is 2.10 bits per heavy atom. The van der Waals surface area contributed by atoms with E-state index in [1.165, 1.54) is 4.57 Å². The van der Waals surface area contributed by atoms with Crippen LogP contribution in [0.3, 0.4) is 0 Å². The summed E-state index contributed by atoms with van der Waals surface area (Å²) in [6.07, 6.45) is 0.909. The summed E-state index contributed by atoms with van der Waals surface area (Å²) in [5.41, 5.74) is 0.727. The zero-order valence-corrected chi connectivity index (χ0v) is 12.8. The van der Waals surface area contributed by atoms with Crippen molar-refractivity contribution in [3.63, 3.8) is 0 Å². The number of ether oxygens (including phenoxy) is 1. The maximum absolute atomic E-state index is 12.0. The Labute approximate surface area is 122 Å². The van der Waals surface area contributed by atoms with Crippen LogP contribution < -0.4 is 10.2 Å². The molecule has 1 saturated heterocycles. The number of hydrogen-bond donors (Lipinski definition) is 1. The fraction of sp³-hybridized carbons (Fsp3) is 0.692. The number of aromatic nitrogens is 1. The molecule has 1 N–H and O–H groups in total. The van der Waals surface area contributed by atoms with E-state index in [0.717, 1.165) is 56.3 Å². The maximum atomic E-state index is 12.0. The quantitative estimate of drug-likeness (QED) is 0.789. The molecule has 2 heterocycles. The lowest BCUT2D eigenvalue weighted by Gasteiger charge is -2.26. The molecule has 1 amide bonds. The first-order valence-corrected chi connectivity index (χ1v) is 7.66. The van der Waals surface area contributed by atoms with Crippen molar-refractivity contribution in [1.29, 1.82) is 0 Å². The number of thiazole rings is 1. The number of nitrogens with zero attached hydrogens (tertiary/aromatic N) is 2. The summed E-state index contributed by atoms with van der Waals surface area (Å²) in [5.74, 6) is -0.146. The molecule has 1 aliphatic heterocycles. The van der Waals surface area contributed by atoms with E-state index in [0.29, 0.717) is 11.4 Å². The fourth-order valence-electron chi connectivity index (χ4n) is 2.14. The van der Waals surface area contributed by atoms with E-state index in [2.05, 4.69) is 10.2 Å². The molecule has 7 heteroatoms. The second kappa shape index (κ2) is 7.01. The van der Waals surface area contributed by atoms with E-state index in [1.807, 2.05) is 0 Å². The van der Waals surface area contributed by atoms with Gasteiger partial charge < -0.3 is 14.6 Å². The average molecular weight is 299 g/mol. The summed E-state index contributed by atoms with van der Waals surface area (Å²) in [6, 6.07) is 0. The van der Waals surface area contributed by atoms with Gasteiger partial charge in [0.25, 0.3) is 5.91 Å². The maximum Gasteiger partial charge on any atom is 0.307 e. The molecule has 0 radical (unpaired) electrons. The monoisotopic (exact) mass is 299 g/mol. The Hall–Kier alpha value is -1.18. The molecule has 0 spiro atoms. The summed E-state index contributed by atoms with van der Waals surface area (Å²) >= 11 is 1.00. The number of nitrogens with one attached hydrogen (secondary N) is 1. The number of rotatable bonds is 5. The summed E-state index contributed by atoms with van der Waals surface area (Å²) in [7, 11) is 1.68. The number of carbonyl (C=O) groups excluding carboxylic acids is 1. The molecule has 0 atom stereocenters. The van der Waals surface area contributed by atoms with Crippen molar-refractivity contribution in [2.45, 2.75) is 13.3 Å². The smallest absolute Gasteiger partial charge is 0.307 e. The van der Waals surface area contributed by atoms with Crippen LogP contribution in [0.5, 0.6) is 0 Å². The topological polar surface area (TPSA) is 63.6 Å². The predicted octanol–water partition coefficient (Wildman–Crippen LogP) is 0.207.